The van der Waals surface area contributed by atoms with Crippen molar-refractivity contribution >= 4 is 34.6 Å². The lowest BCUT2D eigenvalue weighted by molar-refractivity contribution is 0.397. The molecule has 0 spiro atoms. The van der Waals surface area contributed by atoms with Gasteiger partial charge in [0.15, 0.2) is 5.69 Å². The number of pyridine rings is 1. The molecule has 0 atom stereocenters. The minimum absolute atomic E-state index is 0.0587. The van der Waals surface area contributed by atoms with Gasteiger partial charge in [-0.15, -0.1) is 10.2 Å². The fourth-order valence-corrected chi connectivity index (χ4v) is 2.87. The van der Waals surface area contributed by atoms with Crippen LogP contribution < -0.4 is 5.56 Å². The second kappa shape index (κ2) is 7.66. The second-order valence-electron chi connectivity index (χ2n) is 5.55. The summed E-state index contributed by atoms with van der Waals surface area (Å²) in [6, 6.07) is 9.81. The molecule has 0 aliphatic heterocycles. The Labute approximate surface area is 163 Å². The number of nitriles is 1. The molecule has 0 aliphatic rings. The van der Waals surface area contributed by atoms with Gasteiger partial charge < -0.3 is 9.52 Å². The number of benzene rings is 1. The molecular weight excluding hydrogens is 391 g/mol. The van der Waals surface area contributed by atoms with Crippen LogP contribution in [0.4, 0.5) is 11.4 Å². The molecule has 1 aromatic carbocycles. The van der Waals surface area contributed by atoms with Gasteiger partial charge in [0.2, 0.25) is 5.88 Å². The molecule has 136 valence electrons. The summed E-state index contributed by atoms with van der Waals surface area (Å²) in [7, 11) is 0. The summed E-state index contributed by atoms with van der Waals surface area (Å²) in [4.78, 5) is 12.8. The molecule has 3 aromatic rings. The number of hydrogen-bond acceptors (Lipinski definition) is 6. The minimum atomic E-state index is -0.616. The summed E-state index contributed by atoms with van der Waals surface area (Å²) in [6.45, 7) is 1.45. The highest BCUT2D eigenvalue weighted by molar-refractivity contribution is 6.36. The maximum atomic E-state index is 12.8. The first-order valence-corrected chi connectivity index (χ1v) is 8.43. The highest BCUT2D eigenvalue weighted by Gasteiger charge is 2.20. The zero-order chi connectivity index (χ0) is 19.6. The van der Waals surface area contributed by atoms with E-state index in [4.69, 9.17) is 27.6 Å². The van der Waals surface area contributed by atoms with Crippen LogP contribution in [0.25, 0.3) is 0 Å². The van der Waals surface area contributed by atoms with Crippen molar-refractivity contribution in [3.05, 3.63) is 73.9 Å². The number of furan rings is 1. The van der Waals surface area contributed by atoms with Gasteiger partial charge in [-0.25, -0.2) is 0 Å². The quantitative estimate of drug-likeness (QED) is 0.612. The largest absolute Gasteiger partial charge is 0.493 e. The summed E-state index contributed by atoms with van der Waals surface area (Å²) >= 11 is 11.9. The zero-order valence-electron chi connectivity index (χ0n) is 14.0. The summed E-state index contributed by atoms with van der Waals surface area (Å²) in [6.07, 6.45) is 1.44. The molecule has 27 heavy (non-hydrogen) atoms. The van der Waals surface area contributed by atoms with E-state index in [1.54, 1.807) is 24.3 Å². The Hall–Kier alpha value is -3.08. The van der Waals surface area contributed by atoms with Crippen molar-refractivity contribution < 1.29 is 9.52 Å². The van der Waals surface area contributed by atoms with Crippen molar-refractivity contribution in [2.45, 2.75) is 13.5 Å². The molecule has 0 saturated carbocycles. The molecule has 1 N–H and O–H groups in total. The monoisotopic (exact) mass is 402 g/mol. The van der Waals surface area contributed by atoms with Crippen LogP contribution in [-0.2, 0) is 6.54 Å². The lowest BCUT2D eigenvalue weighted by Gasteiger charge is -2.11. The van der Waals surface area contributed by atoms with E-state index in [1.807, 2.05) is 6.07 Å². The van der Waals surface area contributed by atoms with Gasteiger partial charge in [0, 0.05) is 10.6 Å². The molecule has 0 radical (unpaired) electrons. The van der Waals surface area contributed by atoms with Crippen molar-refractivity contribution in [2.24, 2.45) is 10.2 Å². The second-order valence-corrected chi connectivity index (χ2v) is 6.39. The fraction of sp³-hybridized carbons (Fsp3) is 0.111. The molecular formula is C18H12Cl2N4O3. The molecule has 0 unspecified atom stereocenters. The minimum Gasteiger partial charge on any atom is -0.493 e. The van der Waals surface area contributed by atoms with E-state index in [1.165, 1.54) is 19.3 Å². The smallest absolute Gasteiger partial charge is 0.281 e. The van der Waals surface area contributed by atoms with Crippen molar-refractivity contribution in [3.63, 3.8) is 0 Å². The third-order valence-electron chi connectivity index (χ3n) is 3.83. The number of halogens is 2. The Kier molecular flexibility index (Phi) is 5.31. The van der Waals surface area contributed by atoms with Gasteiger partial charge in [-0.3, -0.25) is 9.36 Å². The molecule has 0 amide bonds. The van der Waals surface area contributed by atoms with E-state index in [-0.39, 0.29) is 28.4 Å². The third kappa shape index (κ3) is 3.72. The van der Waals surface area contributed by atoms with Crippen molar-refractivity contribution in [3.8, 4) is 11.9 Å². The predicted octanol–water partition coefficient (Wildman–Crippen LogP) is 5.10. The van der Waals surface area contributed by atoms with Gasteiger partial charge in [0.1, 0.15) is 23.1 Å². The number of azo groups is 1. The van der Waals surface area contributed by atoms with E-state index in [0.717, 1.165) is 4.57 Å². The van der Waals surface area contributed by atoms with E-state index in [0.29, 0.717) is 16.5 Å². The van der Waals surface area contributed by atoms with Crippen LogP contribution in [0.5, 0.6) is 5.88 Å². The molecule has 0 aliphatic carbocycles. The van der Waals surface area contributed by atoms with E-state index in [2.05, 4.69) is 10.2 Å². The SMILES string of the molecule is Cc1c(C#N)c(O)n(Cc2ccco2)c(=O)c1N=Nc1ccc(Cl)cc1Cl. The Morgan fingerprint density at radius 2 is 2.07 bits per heavy atom. The summed E-state index contributed by atoms with van der Waals surface area (Å²) < 4.78 is 6.21. The summed E-state index contributed by atoms with van der Waals surface area (Å²) in [5.41, 5.74) is -0.248. The van der Waals surface area contributed by atoms with Crippen LogP contribution in [0.1, 0.15) is 16.9 Å². The van der Waals surface area contributed by atoms with Crippen LogP contribution in [0.2, 0.25) is 10.0 Å². The van der Waals surface area contributed by atoms with Gasteiger partial charge >= 0.3 is 0 Å². The Bertz CT molecular complexity index is 1130. The standard InChI is InChI=1S/C18H12Cl2N4O3/c1-10-13(8-21)17(25)24(9-12-3-2-6-27-12)18(26)16(10)23-22-15-5-4-11(19)7-14(15)20/h2-7,25H,9H2,1H3. The van der Waals surface area contributed by atoms with Crippen LogP contribution >= 0.6 is 23.2 Å². The molecule has 0 bridgehead atoms. The van der Waals surface area contributed by atoms with Crippen LogP contribution in [0.15, 0.2) is 56.0 Å². The number of aromatic nitrogens is 1. The van der Waals surface area contributed by atoms with Gasteiger partial charge in [0.25, 0.3) is 5.56 Å². The van der Waals surface area contributed by atoms with E-state index >= 15 is 0 Å². The summed E-state index contributed by atoms with van der Waals surface area (Å²) in [5.74, 6) is -0.0244. The van der Waals surface area contributed by atoms with Crippen molar-refractivity contribution in [1.82, 2.24) is 4.57 Å². The molecule has 7 nitrogen and oxygen atoms in total. The van der Waals surface area contributed by atoms with E-state index in [9.17, 15) is 15.2 Å². The molecule has 2 aromatic heterocycles. The van der Waals surface area contributed by atoms with Gasteiger partial charge in [-0.1, -0.05) is 23.2 Å². The molecule has 2 heterocycles. The first-order valence-electron chi connectivity index (χ1n) is 7.68. The lowest BCUT2D eigenvalue weighted by Crippen LogP contribution is -2.22. The maximum Gasteiger partial charge on any atom is 0.281 e. The van der Waals surface area contributed by atoms with Gasteiger partial charge in [-0.2, -0.15) is 5.26 Å². The average Bonchev–Trinajstić information content (AvgIpc) is 3.14. The molecule has 9 heteroatoms. The highest BCUT2D eigenvalue weighted by atomic mass is 35.5. The normalized spacial score (nSPS) is 11.0. The number of aromatic hydroxyl groups is 1. The van der Waals surface area contributed by atoms with Crippen LogP contribution in [0.3, 0.4) is 0 Å². The summed E-state index contributed by atoms with van der Waals surface area (Å²) in [5, 5.41) is 28.4. The maximum absolute atomic E-state index is 12.8. The first kappa shape index (κ1) is 18.7. The average molecular weight is 403 g/mol. The molecule has 0 fully saturated rings. The van der Waals surface area contributed by atoms with Crippen LogP contribution in [-0.4, -0.2) is 9.67 Å². The predicted molar refractivity (Wildman–Crippen MR) is 100 cm³/mol. The van der Waals surface area contributed by atoms with Gasteiger partial charge in [0.05, 0.1) is 17.8 Å². The first-order chi connectivity index (χ1) is 12.9. The third-order valence-corrected chi connectivity index (χ3v) is 4.37. The highest BCUT2D eigenvalue weighted by Crippen LogP contribution is 2.31. The van der Waals surface area contributed by atoms with Crippen molar-refractivity contribution in [2.75, 3.05) is 0 Å². The van der Waals surface area contributed by atoms with E-state index < -0.39 is 11.4 Å². The number of hydrogen-bond donors (Lipinski definition) is 1. The lowest BCUT2D eigenvalue weighted by atomic mass is 10.1. The Morgan fingerprint density at radius 3 is 2.70 bits per heavy atom. The van der Waals surface area contributed by atoms with Gasteiger partial charge in [-0.05, 0) is 37.3 Å². The Balaban J connectivity index is 2.13. The topological polar surface area (TPSA) is 104 Å². The van der Waals surface area contributed by atoms with Crippen LogP contribution in [0, 0.1) is 18.3 Å². The Morgan fingerprint density at radius 1 is 1.30 bits per heavy atom. The zero-order valence-corrected chi connectivity index (χ0v) is 15.5. The number of rotatable bonds is 4. The number of nitrogens with zero attached hydrogens (tertiary/aromatic N) is 4. The molecule has 3 rings (SSSR count). The fourth-order valence-electron chi connectivity index (χ4n) is 2.43. The van der Waals surface area contributed by atoms with Crippen molar-refractivity contribution in [1.29, 1.82) is 5.26 Å². The molecule has 0 saturated heterocycles.